The Morgan fingerprint density at radius 1 is 1.42 bits per heavy atom. The van der Waals surface area contributed by atoms with Gasteiger partial charge in [0.25, 0.3) is 0 Å². The van der Waals surface area contributed by atoms with Crippen molar-refractivity contribution >= 4 is 33.2 Å². The van der Waals surface area contributed by atoms with E-state index in [9.17, 15) is 0 Å². The van der Waals surface area contributed by atoms with Crippen molar-refractivity contribution in [2.75, 3.05) is 11.6 Å². The van der Waals surface area contributed by atoms with E-state index in [0.717, 1.165) is 23.0 Å². The van der Waals surface area contributed by atoms with Crippen LogP contribution in [-0.2, 0) is 6.42 Å². The molecule has 1 aromatic rings. The summed E-state index contributed by atoms with van der Waals surface area (Å²) in [4.78, 5) is 0. The molecule has 0 aromatic heterocycles. The quantitative estimate of drug-likeness (QED) is 0.645. The second-order valence-electron chi connectivity index (χ2n) is 2.61. The molecule has 0 amide bonds. The summed E-state index contributed by atoms with van der Waals surface area (Å²) in [6.45, 7) is 0. The van der Waals surface area contributed by atoms with E-state index in [2.05, 4.69) is 22.0 Å². The van der Waals surface area contributed by atoms with Gasteiger partial charge in [0.1, 0.15) is 0 Å². The molecule has 2 N–H and O–H groups in total. The summed E-state index contributed by atoms with van der Waals surface area (Å²) in [7, 11) is 0. The van der Waals surface area contributed by atoms with Gasteiger partial charge in [-0.1, -0.05) is 12.1 Å². The van der Waals surface area contributed by atoms with Crippen molar-refractivity contribution in [3.05, 3.63) is 28.2 Å². The molecule has 0 aliphatic rings. The number of anilines is 1. The van der Waals surface area contributed by atoms with Crippen molar-refractivity contribution < 1.29 is 0 Å². The summed E-state index contributed by atoms with van der Waals surface area (Å²) in [5.41, 5.74) is 7.74. The Hall–Kier alpha value is -0.210. The number of hydrogen-bond acceptors (Lipinski definition) is 1. The van der Waals surface area contributed by atoms with Crippen LogP contribution in [0.2, 0.25) is 0 Å². The van der Waals surface area contributed by atoms with Gasteiger partial charge in [0, 0.05) is 16.0 Å². The molecule has 1 rings (SSSR count). The van der Waals surface area contributed by atoms with Gasteiger partial charge < -0.3 is 5.73 Å². The van der Waals surface area contributed by atoms with Gasteiger partial charge in [0.05, 0.1) is 0 Å². The monoisotopic (exact) mass is 247 g/mol. The highest BCUT2D eigenvalue weighted by Gasteiger charge is 2.01. The van der Waals surface area contributed by atoms with Crippen LogP contribution in [0.5, 0.6) is 0 Å². The van der Waals surface area contributed by atoms with Crippen molar-refractivity contribution in [3.8, 4) is 0 Å². The summed E-state index contributed by atoms with van der Waals surface area (Å²) >= 11 is 9.04. The molecule has 0 bridgehead atoms. The first-order chi connectivity index (χ1) is 5.75. The third-order valence-electron chi connectivity index (χ3n) is 1.69. The zero-order valence-corrected chi connectivity index (χ0v) is 9.03. The Labute approximate surface area is 86.0 Å². The van der Waals surface area contributed by atoms with Crippen LogP contribution >= 0.6 is 27.5 Å². The van der Waals surface area contributed by atoms with Crippen molar-refractivity contribution in [1.29, 1.82) is 0 Å². The van der Waals surface area contributed by atoms with E-state index >= 15 is 0 Å². The largest absolute Gasteiger partial charge is 0.398 e. The lowest BCUT2D eigenvalue weighted by Gasteiger charge is -2.04. The number of alkyl halides is 1. The maximum absolute atomic E-state index is 5.71. The number of nitrogens with two attached hydrogens (primary N) is 1. The normalized spacial score (nSPS) is 10.2. The molecule has 3 heteroatoms. The van der Waals surface area contributed by atoms with Gasteiger partial charge >= 0.3 is 0 Å². The van der Waals surface area contributed by atoms with Crippen LogP contribution in [0.15, 0.2) is 22.7 Å². The highest BCUT2D eigenvalue weighted by Crippen LogP contribution is 2.24. The lowest BCUT2D eigenvalue weighted by atomic mass is 10.1. The molecular formula is C9H11BrClN. The van der Waals surface area contributed by atoms with Gasteiger partial charge in [-0.3, -0.25) is 0 Å². The molecule has 0 spiro atoms. The molecule has 0 atom stereocenters. The molecule has 12 heavy (non-hydrogen) atoms. The highest BCUT2D eigenvalue weighted by atomic mass is 79.9. The average Bonchev–Trinajstić information content (AvgIpc) is 2.08. The Kier molecular flexibility index (Phi) is 3.89. The summed E-state index contributed by atoms with van der Waals surface area (Å²) in [5, 5.41) is 0. The molecule has 1 nitrogen and oxygen atoms in total. The molecule has 0 saturated heterocycles. The summed E-state index contributed by atoms with van der Waals surface area (Å²) < 4.78 is 1.01. The first kappa shape index (κ1) is 9.87. The molecule has 0 saturated carbocycles. The molecular weight excluding hydrogens is 237 g/mol. The van der Waals surface area contributed by atoms with E-state index in [0.29, 0.717) is 5.88 Å². The molecule has 66 valence electrons. The minimum atomic E-state index is 0.696. The third kappa shape index (κ3) is 2.39. The number of halogens is 2. The average molecular weight is 249 g/mol. The molecule has 0 unspecified atom stereocenters. The summed E-state index contributed by atoms with van der Waals surface area (Å²) in [6.07, 6.45) is 1.97. The number of rotatable bonds is 3. The van der Waals surface area contributed by atoms with Gasteiger partial charge in [-0.15, -0.1) is 11.6 Å². The van der Waals surface area contributed by atoms with Crippen molar-refractivity contribution in [1.82, 2.24) is 0 Å². The lowest BCUT2D eigenvalue weighted by molar-refractivity contribution is 0.924. The number of hydrogen-bond donors (Lipinski definition) is 1. The maximum Gasteiger partial charge on any atom is 0.0461 e. The zero-order valence-electron chi connectivity index (χ0n) is 6.69. The van der Waals surface area contributed by atoms with Gasteiger partial charge in [0.2, 0.25) is 0 Å². The molecule has 0 aliphatic heterocycles. The Morgan fingerprint density at radius 2 is 2.17 bits per heavy atom. The Morgan fingerprint density at radius 3 is 2.83 bits per heavy atom. The second kappa shape index (κ2) is 4.73. The predicted molar refractivity (Wildman–Crippen MR) is 57.6 cm³/mol. The van der Waals surface area contributed by atoms with Crippen LogP contribution in [0.3, 0.4) is 0 Å². The Balaban J connectivity index is 2.78. The lowest BCUT2D eigenvalue weighted by Crippen LogP contribution is -1.92. The van der Waals surface area contributed by atoms with E-state index in [1.807, 2.05) is 12.1 Å². The number of aryl methyl sites for hydroxylation is 1. The fraction of sp³-hybridized carbons (Fsp3) is 0.333. The van der Waals surface area contributed by atoms with Crippen molar-refractivity contribution in [2.24, 2.45) is 0 Å². The third-order valence-corrected chi connectivity index (χ3v) is 2.92. The van der Waals surface area contributed by atoms with E-state index in [4.69, 9.17) is 17.3 Å². The topological polar surface area (TPSA) is 26.0 Å². The van der Waals surface area contributed by atoms with Crippen LogP contribution in [-0.4, -0.2) is 5.88 Å². The zero-order chi connectivity index (χ0) is 8.97. The molecule has 0 fully saturated rings. The van der Waals surface area contributed by atoms with Crippen LogP contribution in [0.1, 0.15) is 12.0 Å². The van der Waals surface area contributed by atoms with Gasteiger partial charge in [-0.25, -0.2) is 0 Å². The fourth-order valence-corrected chi connectivity index (χ4v) is 1.65. The fourth-order valence-electron chi connectivity index (χ4n) is 1.05. The van der Waals surface area contributed by atoms with E-state index < -0.39 is 0 Å². The predicted octanol–water partition coefficient (Wildman–Crippen LogP) is 3.20. The second-order valence-corrected chi connectivity index (χ2v) is 3.78. The van der Waals surface area contributed by atoms with Gasteiger partial charge in [-0.05, 0) is 40.4 Å². The minimum Gasteiger partial charge on any atom is -0.398 e. The first-order valence-corrected chi connectivity index (χ1v) is 5.17. The van der Waals surface area contributed by atoms with E-state index in [-0.39, 0.29) is 0 Å². The van der Waals surface area contributed by atoms with Crippen molar-refractivity contribution in [2.45, 2.75) is 12.8 Å². The van der Waals surface area contributed by atoms with Crippen LogP contribution in [0, 0.1) is 0 Å². The van der Waals surface area contributed by atoms with Crippen LogP contribution in [0.4, 0.5) is 5.69 Å². The summed E-state index contributed by atoms with van der Waals surface area (Å²) in [5.74, 6) is 0.696. The first-order valence-electron chi connectivity index (χ1n) is 3.84. The standard InChI is InChI=1S/C9H11BrClN/c10-9-7(4-2-6-11)3-1-5-8(9)12/h1,3,5H,2,4,6,12H2. The number of benzene rings is 1. The minimum absolute atomic E-state index is 0.696. The van der Waals surface area contributed by atoms with Gasteiger partial charge in [0.15, 0.2) is 0 Å². The Bertz CT molecular complexity index is 263. The molecule has 0 heterocycles. The molecule has 0 radical (unpaired) electrons. The smallest absolute Gasteiger partial charge is 0.0461 e. The molecule has 0 aliphatic carbocycles. The van der Waals surface area contributed by atoms with Crippen LogP contribution < -0.4 is 5.73 Å². The van der Waals surface area contributed by atoms with E-state index in [1.165, 1.54) is 5.56 Å². The summed E-state index contributed by atoms with van der Waals surface area (Å²) in [6, 6.07) is 5.91. The van der Waals surface area contributed by atoms with Crippen LogP contribution in [0.25, 0.3) is 0 Å². The number of nitrogen functional groups attached to an aromatic ring is 1. The maximum atomic E-state index is 5.71. The highest BCUT2D eigenvalue weighted by molar-refractivity contribution is 9.10. The van der Waals surface area contributed by atoms with Gasteiger partial charge in [-0.2, -0.15) is 0 Å². The SMILES string of the molecule is Nc1cccc(CCCCl)c1Br. The molecule has 1 aromatic carbocycles. The van der Waals surface area contributed by atoms with E-state index in [1.54, 1.807) is 0 Å². The van der Waals surface area contributed by atoms with Crippen molar-refractivity contribution in [3.63, 3.8) is 0 Å².